The molecule has 1 unspecified atom stereocenters. The molecule has 0 radical (unpaired) electrons. The van der Waals surface area contributed by atoms with E-state index in [1.807, 2.05) is 0 Å². The molecule has 106 valence electrons. The Hall–Kier alpha value is -1.50. The molecule has 1 amide bonds. The number of nitrogens with zero attached hydrogens (tertiary/aromatic N) is 1. The van der Waals surface area contributed by atoms with E-state index in [4.69, 9.17) is 4.74 Å². The number of hydrogen-bond acceptors (Lipinski definition) is 2. The fourth-order valence-electron chi connectivity index (χ4n) is 1.80. The number of halogens is 1. The third-order valence-electron chi connectivity index (χ3n) is 2.69. The fourth-order valence-corrected chi connectivity index (χ4v) is 1.80. The Kier molecular flexibility index (Phi) is 5.83. The van der Waals surface area contributed by atoms with Crippen LogP contribution in [0.25, 0.3) is 0 Å². The second kappa shape index (κ2) is 6.97. The van der Waals surface area contributed by atoms with Crippen molar-refractivity contribution in [3.63, 3.8) is 0 Å². The second-order valence-corrected chi connectivity index (χ2v) is 5.53. The van der Waals surface area contributed by atoms with Crippen LogP contribution in [0, 0.1) is 12.0 Å². The summed E-state index contributed by atoms with van der Waals surface area (Å²) in [4.78, 5) is 13.0. The molecule has 2 rings (SSSR count). The van der Waals surface area contributed by atoms with Crippen LogP contribution in [0.3, 0.4) is 0 Å². The summed E-state index contributed by atoms with van der Waals surface area (Å²) in [5.74, 6) is -0.499. The number of benzene rings is 1. The summed E-state index contributed by atoms with van der Waals surface area (Å²) in [6.45, 7) is 5.39. The van der Waals surface area contributed by atoms with Crippen molar-refractivity contribution in [1.82, 2.24) is 4.90 Å². The van der Waals surface area contributed by atoms with Crippen molar-refractivity contribution in [1.29, 1.82) is 0 Å². The average Bonchev–Trinajstić information content (AvgIpc) is 2.37. The van der Waals surface area contributed by atoms with Gasteiger partial charge in [-0.15, -0.1) is 12.2 Å². The van der Waals surface area contributed by atoms with Crippen LogP contribution < -0.4 is 18.9 Å². The van der Waals surface area contributed by atoms with Crippen LogP contribution >= 0.6 is 0 Å². The summed E-state index contributed by atoms with van der Waals surface area (Å²) in [5, 5.41) is 0. The predicted octanol–water partition coefficient (Wildman–Crippen LogP) is 0.995. The molecule has 1 atom stereocenters. The first-order chi connectivity index (χ1) is 9.37. The van der Waals surface area contributed by atoms with Crippen LogP contribution in [-0.2, 0) is 4.74 Å². The first kappa shape index (κ1) is 17.5. The maximum Gasteiger partial charge on any atom is 1.00 e. The van der Waals surface area contributed by atoms with Gasteiger partial charge < -0.3 is 14.4 Å². The summed E-state index contributed by atoms with van der Waals surface area (Å²) in [6, 6.07) is 6.55. The van der Waals surface area contributed by atoms with Gasteiger partial charge in [-0.1, -0.05) is 30.6 Å². The number of carbonyl (C=O) groups excluding carboxylic acids is 1. The minimum absolute atomic E-state index is 0. The van der Waals surface area contributed by atoms with Crippen molar-refractivity contribution in [2.45, 2.75) is 32.3 Å². The maximum absolute atomic E-state index is 13.7. The minimum atomic E-state index is -0.561. The SMILES string of the molecule is CC(C)(C)OC(=O)N1[C-]=CC(c2ccccc2F)C=C1.[Li+]. The second-order valence-electron chi connectivity index (χ2n) is 5.53. The zero-order valence-electron chi connectivity index (χ0n) is 12.8. The van der Waals surface area contributed by atoms with Crippen molar-refractivity contribution in [3.8, 4) is 0 Å². The van der Waals surface area contributed by atoms with E-state index in [2.05, 4.69) is 6.20 Å². The van der Waals surface area contributed by atoms with Crippen LogP contribution in [0.2, 0.25) is 0 Å². The molecular weight excluding hydrogens is 264 g/mol. The minimum Gasteiger partial charge on any atom is -0.502 e. The van der Waals surface area contributed by atoms with Crippen LogP contribution in [0.1, 0.15) is 32.3 Å². The topological polar surface area (TPSA) is 29.5 Å². The quantitative estimate of drug-likeness (QED) is 0.567. The fraction of sp³-hybridized carbons (Fsp3) is 0.312. The van der Waals surface area contributed by atoms with Gasteiger partial charge in [0.05, 0.1) is 5.60 Å². The molecule has 0 aromatic heterocycles. The average molecular weight is 281 g/mol. The molecule has 0 spiro atoms. The molecule has 0 aliphatic carbocycles. The summed E-state index contributed by atoms with van der Waals surface area (Å²) >= 11 is 0. The van der Waals surface area contributed by atoms with E-state index in [0.717, 1.165) is 0 Å². The van der Waals surface area contributed by atoms with Gasteiger partial charge in [-0.05, 0) is 32.4 Å². The van der Waals surface area contributed by atoms with E-state index < -0.39 is 11.7 Å². The summed E-state index contributed by atoms with van der Waals surface area (Å²) in [7, 11) is 0. The number of ether oxygens (including phenoxy) is 1. The van der Waals surface area contributed by atoms with Crippen molar-refractivity contribution in [2.24, 2.45) is 0 Å². The van der Waals surface area contributed by atoms with Crippen LogP contribution in [0.5, 0.6) is 0 Å². The summed E-state index contributed by atoms with van der Waals surface area (Å²) in [5.41, 5.74) is -0.00489. The van der Waals surface area contributed by atoms with Crippen molar-refractivity contribution >= 4 is 6.09 Å². The summed E-state index contributed by atoms with van der Waals surface area (Å²) < 4.78 is 18.9. The van der Waals surface area contributed by atoms with E-state index >= 15 is 0 Å². The van der Waals surface area contributed by atoms with E-state index in [-0.39, 0.29) is 30.6 Å². The third kappa shape index (κ3) is 4.77. The van der Waals surface area contributed by atoms with Crippen molar-refractivity contribution in [2.75, 3.05) is 0 Å². The van der Waals surface area contributed by atoms with Crippen LogP contribution in [0.15, 0.2) is 42.6 Å². The zero-order chi connectivity index (χ0) is 14.8. The number of allylic oxidation sites excluding steroid dienone is 2. The smallest absolute Gasteiger partial charge is 0.502 e. The van der Waals surface area contributed by atoms with Gasteiger partial charge in [-0.25, -0.2) is 4.39 Å². The normalized spacial score (nSPS) is 17.3. The van der Waals surface area contributed by atoms with Crippen molar-refractivity contribution in [3.05, 3.63) is 60.2 Å². The van der Waals surface area contributed by atoms with E-state index in [9.17, 15) is 9.18 Å². The molecule has 1 aliphatic rings. The molecule has 0 bridgehead atoms. The van der Waals surface area contributed by atoms with Crippen LogP contribution in [0.4, 0.5) is 9.18 Å². The zero-order valence-corrected chi connectivity index (χ0v) is 12.8. The number of amides is 1. The van der Waals surface area contributed by atoms with E-state index in [0.29, 0.717) is 5.56 Å². The van der Waals surface area contributed by atoms with Gasteiger partial charge in [0.15, 0.2) is 0 Å². The molecule has 0 fully saturated rings. The Bertz CT molecular complexity index is 550. The predicted molar refractivity (Wildman–Crippen MR) is 74.2 cm³/mol. The Morgan fingerprint density at radius 1 is 1.33 bits per heavy atom. The van der Waals surface area contributed by atoms with Gasteiger partial charge in [-0.2, -0.15) is 0 Å². The number of hydrogen-bond donors (Lipinski definition) is 0. The third-order valence-corrected chi connectivity index (χ3v) is 2.69. The molecule has 0 saturated carbocycles. The van der Waals surface area contributed by atoms with E-state index in [1.165, 1.54) is 11.0 Å². The van der Waals surface area contributed by atoms with Gasteiger partial charge in [0.2, 0.25) is 0 Å². The Morgan fingerprint density at radius 2 is 2.00 bits per heavy atom. The Labute approximate surface area is 136 Å². The molecule has 0 saturated heterocycles. The monoisotopic (exact) mass is 281 g/mol. The molecule has 1 aliphatic heterocycles. The Morgan fingerprint density at radius 3 is 2.52 bits per heavy atom. The molecule has 21 heavy (non-hydrogen) atoms. The molecule has 1 aromatic carbocycles. The van der Waals surface area contributed by atoms with Gasteiger partial charge >= 0.3 is 18.9 Å². The number of carbonyl (C=O) groups is 1. The first-order valence-corrected chi connectivity index (χ1v) is 6.41. The van der Waals surface area contributed by atoms with Gasteiger partial charge in [0, 0.05) is 5.92 Å². The maximum atomic E-state index is 13.7. The molecule has 1 heterocycles. The number of rotatable bonds is 1. The summed E-state index contributed by atoms with van der Waals surface area (Å²) in [6.07, 6.45) is 7.22. The Balaban J connectivity index is 0.00000220. The van der Waals surface area contributed by atoms with Gasteiger partial charge in [-0.3, -0.25) is 0 Å². The van der Waals surface area contributed by atoms with Gasteiger partial charge in [0.25, 0.3) is 6.09 Å². The largest absolute Gasteiger partial charge is 1.00 e. The molecule has 5 heteroatoms. The molecular formula is C16H17FLiNO2. The van der Waals surface area contributed by atoms with Crippen molar-refractivity contribution < 1.29 is 32.8 Å². The van der Waals surface area contributed by atoms with Gasteiger partial charge in [0.1, 0.15) is 5.82 Å². The molecule has 0 N–H and O–H groups in total. The molecule has 1 aromatic rings. The van der Waals surface area contributed by atoms with E-state index in [1.54, 1.807) is 57.3 Å². The first-order valence-electron chi connectivity index (χ1n) is 6.41. The molecule has 3 nitrogen and oxygen atoms in total. The standard InChI is InChI=1S/C16H17FNO2.Li/c1-16(2,3)20-15(19)18-10-8-12(9-11-18)13-6-4-5-7-14(13)17;/h4-10,12H,1-3H3;/q-1;+1. The van der Waals surface area contributed by atoms with Crippen LogP contribution in [-0.4, -0.2) is 16.6 Å².